The molecule has 1 atom stereocenters. The van der Waals surface area contributed by atoms with Gasteiger partial charge in [0.25, 0.3) is 0 Å². The molecule has 2 rings (SSSR count). The van der Waals surface area contributed by atoms with E-state index in [9.17, 15) is 4.79 Å². The number of benzene rings is 2. The lowest BCUT2D eigenvalue weighted by molar-refractivity contribution is -0.117. The highest BCUT2D eigenvalue weighted by molar-refractivity contribution is 5.95. The SMILES string of the molecule is CCCCOc1ccc(NC(=O)C(C)c2ccc(CC(C)C)cc2)cc1. The average Bonchev–Trinajstić information content (AvgIpc) is 2.63. The summed E-state index contributed by atoms with van der Waals surface area (Å²) in [6.45, 7) is 9.23. The molecule has 0 aliphatic carbocycles. The van der Waals surface area contributed by atoms with Gasteiger partial charge >= 0.3 is 0 Å². The zero-order valence-electron chi connectivity index (χ0n) is 16.4. The minimum Gasteiger partial charge on any atom is -0.494 e. The molecule has 1 amide bonds. The molecule has 1 N–H and O–H groups in total. The maximum atomic E-state index is 12.5. The zero-order chi connectivity index (χ0) is 18.9. The van der Waals surface area contributed by atoms with Gasteiger partial charge in [-0.05, 0) is 61.1 Å². The van der Waals surface area contributed by atoms with E-state index < -0.39 is 0 Å². The van der Waals surface area contributed by atoms with Gasteiger partial charge in [0.2, 0.25) is 5.91 Å². The minimum absolute atomic E-state index is 0.00117. The van der Waals surface area contributed by atoms with Crippen LogP contribution in [0.1, 0.15) is 57.6 Å². The van der Waals surface area contributed by atoms with E-state index in [1.165, 1.54) is 5.56 Å². The highest BCUT2D eigenvalue weighted by Gasteiger charge is 2.15. The number of amides is 1. The molecule has 3 heteroatoms. The molecule has 0 heterocycles. The van der Waals surface area contributed by atoms with E-state index in [0.29, 0.717) is 5.92 Å². The number of nitrogens with one attached hydrogen (secondary N) is 1. The lowest BCUT2D eigenvalue weighted by Gasteiger charge is -2.14. The van der Waals surface area contributed by atoms with Crippen LogP contribution >= 0.6 is 0 Å². The third-order valence-electron chi connectivity index (χ3n) is 4.41. The summed E-state index contributed by atoms with van der Waals surface area (Å²) < 4.78 is 5.65. The second-order valence-corrected chi connectivity index (χ2v) is 7.28. The zero-order valence-corrected chi connectivity index (χ0v) is 16.4. The lowest BCUT2D eigenvalue weighted by Crippen LogP contribution is -2.18. The van der Waals surface area contributed by atoms with E-state index >= 15 is 0 Å². The van der Waals surface area contributed by atoms with Crippen molar-refractivity contribution in [1.29, 1.82) is 0 Å². The van der Waals surface area contributed by atoms with E-state index in [2.05, 4.69) is 50.4 Å². The Morgan fingerprint density at radius 3 is 2.23 bits per heavy atom. The second kappa shape index (κ2) is 10.0. The Morgan fingerprint density at radius 2 is 1.65 bits per heavy atom. The molecule has 1 unspecified atom stereocenters. The fraction of sp³-hybridized carbons (Fsp3) is 0.435. The molecule has 26 heavy (non-hydrogen) atoms. The standard InChI is InChI=1S/C23H31NO2/c1-5-6-15-26-22-13-11-21(12-14-22)24-23(25)18(4)20-9-7-19(8-10-20)16-17(2)3/h7-14,17-18H,5-6,15-16H2,1-4H3,(H,24,25). The number of hydrogen-bond acceptors (Lipinski definition) is 2. The van der Waals surface area contributed by atoms with Crippen LogP contribution in [0.15, 0.2) is 48.5 Å². The fourth-order valence-corrected chi connectivity index (χ4v) is 2.78. The number of carbonyl (C=O) groups excluding carboxylic acids is 1. The van der Waals surface area contributed by atoms with Crippen LogP contribution in [-0.2, 0) is 11.2 Å². The van der Waals surface area contributed by atoms with Crippen molar-refractivity contribution in [3.63, 3.8) is 0 Å². The molecule has 0 saturated heterocycles. The first-order valence-electron chi connectivity index (χ1n) is 9.62. The molecule has 0 aliphatic heterocycles. The second-order valence-electron chi connectivity index (χ2n) is 7.28. The molecule has 0 spiro atoms. The first-order valence-corrected chi connectivity index (χ1v) is 9.62. The van der Waals surface area contributed by atoms with Crippen molar-refractivity contribution in [3.8, 4) is 5.75 Å². The third kappa shape index (κ3) is 6.21. The molecular weight excluding hydrogens is 322 g/mol. The summed E-state index contributed by atoms with van der Waals surface area (Å²) in [7, 11) is 0. The van der Waals surface area contributed by atoms with Crippen molar-refractivity contribution in [2.75, 3.05) is 11.9 Å². The molecule has 0 saturated carbocycles. The molecule has 2 aromatic carbocycles. The fourth-order valence-electron chi connectivity index (χ4n) is 2.78. The van der Waals surface area contributed by atoms with Crippen molar-refractivity contribution in [1.82, 2.24) is 0 Å². The molecular formula is C23H31NO2. The monoisotopic (exact) mass is 353 g/mol. The average molecular weight is 354 g/mol. The predicted octanol–water partition coefficient (Wildman–Crippen LogP) is 5.81. The minimum atomic E-state index is -0.191. The Morgan fingerprint density at radius 1 is 1.00 bits per heavy atom. The van der Waals surface area contributed by atoms with Gasteiger partial charge in [-0.3, -0.25) is 4.79 Å². The van der Waals surface area contributed by atoms with E-state index in [1.54, 1.807) is 0 Å². The smallest absolute Gasteiger partial charge is 0.231 e. The highest BCUT2D eigenvalue weighted by Crippen LogP contribution is 2.21. The van der Waals surface area contributed by atoms with Gasteiger partial charge in [-0.25, -0.2) is 0 Å². The molecule has 0 fully saturated rings. The molecule has 2 aromatic rings. The van der Waals surface area contributed by atoms with Crippen LogP contribution in [0.4, 0.5) is 5.69 Å². The molecule has 0 aromatic heterocycles. The van der Waals surface area contributed by atoms with Gasteiger partial charge in [0, 0.05) is 5.69 Å². The summed E-state index contributed by atoms with van der Waals surface area (Å²) >= 11 is 0. The summed E-state index contributed by atoms with van der Waals surface area (Å²) in [5.41, 5.74) is 3.14. The maximum absolute atomic E-state index is 12.5. The number of anilines is 1. The molecule has 3 nitrogen and oxygen atoms in total. The summed E-state index contributed by atoms with van der Waals surface area (Å²) in [6.07, 6.45) is 3.23. The Labute approximate surface area is 157 Å². The predicted molar refractivity (Wildman–Crippen MR) is 109 cm³/mol. The van der Waals surface area contributed by atoms with Crippen LogP contribution in [0.25, 0.3) is 0 Å². The Balaban J connectivity index is 1.91. The van der Waals surface area contributed by atoms with Gasteiger partial charge in [-0.2, -0.15) is 0 Å². The van der Waals surface area contributed by atoms with E-state index in [4.69, 9.17) is 4.74 Å². The van der Waals surface area contributed by atoms with Gasteiger partial charge < -0.3 is 10.1 Å². The topological polar surface area (TPSA) is 38.3 Å². The van der Waals surface area contributed by atoms with Crippen molar-refractivity contribution in [2.45, 2.75) is 52.9 Å². The van der Waals surface area contributed by atoms with Gasteiger partial charge in [-0.1, -0.05) is 51.5 Å². The Hall–Kier alpha value is -2.29. The van der Waals surface area contributed by atoms with E-state index in [1.807, 2.05) is 31.2 Å². The Bertz CT molecular complexity index is 674. The van der Waals surface area contributed by atoms with Gasteiger partial charge in [-0.15, -0.1) is 0 Å². The van der Waals surface area contributed by atoms with Crippen LogP contribution in [0.2, 0.25) is 0 Å². The number of carbonyl (C=O) groups is 1. The van der Waals surface area contributed by atoms with Gasteiger partial charge in [0.05, 0.1) is 12.5 Å². The lowest BCUT2D eigenvalue weighted by atomic mass is 9.96. The molecule has 0 bridgehead atoms. The normalized spacial score (nSPS) is 12.0. The number of unbranched alkanes of at least 4 members (excludes halogenated alkanes) is 1. The van der Waals surface area contributed by atoms with E-state index in [0.717, 1.165) is 42.9 Å². The first-order chi connectivity index (χ1) is 12.5. The molecule has 140 valence electrons. The van der Waals surface area contributed by atoms with Gasteiger partial charge in [0.15, 0.2) is 0 Å². The maximum Gasteiger partial charge on any atom is 0.231 e. The van der Waals surface area contributed by atoms with Crippen LogP contribution in [0, 0.1) is 5.92 Å². The van der Waals surface area contributed by atoms with Crippen LogP contribution in [0.3, 0.4) is 0 Å². The van der Waals surface area contributed by atoms with Crippen molar-refractivity contribution < 1.29 is 9.53 Å². The molecule has 0 radical (unpaired) electrons. The van der Waals surface area contributed by atoms with Crippen LogP contribution in [-0.4, -0.2) is 12.5 Å². The highest BCUT2D eigenvalue weighted by atomic mass is 16.5. The largest absolute Gasteiger partial charge is 0.494 e. The Kier molecular flexibility index (Phi) is 7.71. The quantitative estimate of drug-likeness (QED) is 0.578. The van der Waals surface area contributed by atoms with Crippen molar-refractivity contribution in [2.24, 2.45) is 5.92 Å². The summed E-state index contributed by atoms with van der Waals surface area (Å²) in [5, 5.41) is 2.99. The first kappa shape index (κ1) is 20.0. The van der Waals surface area contributed by atoms with Gasteiger partial charge in [0.1, 0.15) is 5.75 Å². The summed E-state index contributed by atoms with van der Waals surface area (Å²) in [4.78, 5) is 12.5. The van der Waals surface area contributed by atoms with Crippen LogP contribution in [0.5, 0.6) is 5.75 Å². The van der Waals surface area contributed by atoms with E-state index in [-0.39, 0.29) is 11.8 Å². The van der Waals surface area contributed by atoms with Crippen molar-refractivity contribution >= 4 is 11.6 Å². The third-order valence-corrected chi connectivity index (χ3v) is 4.41. The number of rotatable bonds is 9. The van der Waals surface area contributed by atoms with Crippen LogP contribution < -0.4 is 10.1 Å². The number of hydrogen-bond donors (Lipinski definition) is 1. The molecule has 0 aliphatic rings. The summed E-state index contributed by atoms with van der Waals surface area (Å²) in [5.74, 6) is 1.28. The number of ether oxygens (including phenoxy) is 1. The summed E-state index contributed by atoms with van der Waals surface area (Å²) in [6, 6.07) is 15.9. The van der Waals surface area contributed by atoms with Crippen molar-refractivity contribution in [3.05, 3.63) is 59.7 Å².